The van der Waals surface area contributed by atoms with Crippen molar-refractivity contribution in [1.29, 1.82) is 0 Å². The van der Waals surface area contributed by atoms with E-state index in [4.69, 9.17) is 10.2 Å². The summed E-state index contributed by atoms with van der Waals surface area (Å²) in [5.41, 5.74) is -1.62. The van der Waals surface area contributed by atoms with Crippen LogP contribution in [0.25, 0.3) is 0 Å². The molecule has 0 rings (SSSR count). The van der Waals surface area contributed by atoms with Gasteiger partial charge >= 0.3 is 35.0 Å². The van der Waals surface area contributed by atoms with E-state index < -0.39 is 23.3 Å². The molecule has 0 unspecified atom stereocenters. The topological polar surface area (TPSA) is 74.6 Å². The molecule has 2 N–H and O–H groups in total. The van der Waals surface area contributed by atoms with Crippen molar-refractivity contribution in [3.8, 4) is 0 Å². The molecule has 4 nitrogen and oxygen atoms in total. The summed E-state index contributed by atoms with van der Waals surface area (Å²) < 4.78 is 0. The van der Waals surface area contributed by atoms with Crippen molar-refractivity contribution >= 4 is 35.0 Å². The number of hydrogen-bond donors (Lipinski definition) is 2. The Hall–Kier alpha value is -0.294. The van der Waals surface area contributed by atoms with Crippen LogP contribution in [0.3, 0.4) is 0 Å². The number of carboxylic acid groups (broad SMARTS) is 2. The molecular weight excluding hydrogens is 220 g/mol. The van der Waals surface area contributed by atoms with Crippen molar-refractivity contribution in [3.63, 3.8) is 0 Å². The fraction of sp³-hybridized carbons (Fsp3) is 0.818. The minimum absolute atomic E-state index is 0. The Labute approximate surface area is 116 Å². The number of carbonyl (C=O) groups is 2. The van der Waals surface area contributed by atoms with Gasteiger partial charge < -0.3 is 13.1 Å². The van der Waals surface area contributed by atoms with Crippen molar-refractivity contribution in [2.75, 3.05) is 0 Å². The Kier molecular flexibility index (Phi) is 8.92. The van der Waals surface area contributed by atoms with Gasteiger partial charge in [0.05, 0.1) is 0 Å². The number of unbranched alkanes of at least 4 members (excludes halogenated alkanes) is 2. The largest absolute Gasteiger partial charge is 2.00 e. The zero-order chi connectivity index (χ0) is 12.1. The zero-order valence-electron chi connectivity index (χ0n) is 12.3. The number of carboxylic acids is 2. The molecule has 0 aliphatic carbocycles. The van der Waals surface area contributed by atoms with Gasteiger partial charge in [-0.15, -0.1) is 0 Å². The van der Waals surface area contributed by atoms with Crippen molar-refractivity contribution in [3.05, 3.63) is 0 Å². The van der Waals surface area contributed by atoms with E-state index >= 15 is 0 Å². The molecular formula is C11H22MgO4. The van der Waals surface area contributed by atoms with Crippen molar-refractivity contribution in [1.82, 2.24) is 0 Å². The van der Waals surface area contributed by atoms with Gasteiger partial charge in [0.25, 0.3) is 0 Å². The average molecular weight is 243 g/mol. The van der Waals surface area contributed by atoms with Crippen LogP contribution in [0, 0.1) is 11.3 Å². The third-order valence-corrected chi connectivity index (χ3v) is 2.92. The number of hydrogen-bond acceptors (Lipinski definition) is 2. The van der Waals surface area contributed by atoms with Gasteiger partial charge in [-0.05, 0) is 12.3 Å². The molecule has 0 aliphatic rings. The Morgan fingerprint density at radius 3 is 1.88 bits per heavy atom. The van der Waals surface area contributed by atoms with Crippen LogP contribution in [0.15, 0.2) is 0 Å². The molecule has 0 amide bonds. The van der Waals surface area contributed by atoms with Crippen LogP contribution in [0.5, 0.6) is 0 Å². The summed E-state index contributed by atoms with van der Waals surface area (Å²) in [6, 6.07) is 0. The maximum absolute atomic E-state index is 11.1. The molecule has 0 aromatic rings. The minimum Gasteiger partial charge on any atom is -1.00 e. The van der Waals surface area contributed by atoms with Crippen LogP contribution in [0.4, 0.5) is 0 Å². The summed E-state index contributed by atoms with van der Waals surface area (Å²) in [4.78, 5) is 22.2. The van der Waals surface area contributed by atoms with Crippen LogP contribution >= 0.6 is 0 Å². The van der Waals surface area contributed by atoms with E-state index in [0.717, 1.165) is 12.8 Å². The van der Waals surface area contributed by atoms with E-state index in [1.165, 1.54) is 0 Å². The van der Waals surface area contributed by atoms with Gasteiger partial charge in [0, 0.05) is 0 Å². The van der Waals surface area contributed by atoms with E-state index in [1.54, 1.807) is 13.8 Å². The van der Waals surface area contributed by atoms with Gasteiger partial charge in [0.1, 0.15) is 0 Å². The van der Waals surface area contributed by atoms with Crippen LogP contribution in [0.1, 0.15) is 49.3 Å². The standard InChI is InChI=1S/C11H20O4.Mg.2H/c1-4-5-6-7-11(8(2)3,9(12)13)10(14)15;;;/h8H,4-7H2,1-3H3,(H,12,13)(H,14,15);;;/q;+2;2*-1. The zero-order valence-corrected chi connectivity index (χ0v) is 11.7. The molecule has 0 radical (unpaired) electrons. The third-order valence-electron chi connectivity index (χ3n) is 2.92. The van der Waals surface area contributed by atoms with Crippen molar-refractivity contribution in [2.24, 2.45) is 11.3 Å². The molecule has 0 heterocycles. The van der Waals surface area contributed by atoms with Crippen LogP contribution in [-0.2, 0) is 9.59 Å². The number of aliphatic carboxylic acids is 2. The smallest absolute Gasteiger partial charge is 1.00 e. The predicted octanol–water partition coefficient (Wildman–Crippen LogP) is 2.22. The second kappa shape index (κ2) is 7.90. The molecule has 0 aliphatic heterocycles. The van der Waals surface area contributed by atoms with Crippen LogP contribution < -0.4 is 0 Å². The van der Waals surface area contributed by atoms with Crippen molar-refractivity contribution in [2.45, 2.75) is 46.5 Å². The van der Waals surface area contributed by atoms with Gasteiger partial charge in [-0.25, -0.2) is 0 Å². The van der Waals surface area contributed by atoms with Gasteiger partial charge in [0.15, 0.2) is 5.41 Å². The molecule has 0 bridgehead atoms. The van der Waals surface area contributed by atoms with Crippen LogP contribution in [0.2, 0.25) is 0 Å². The van der Waals surface area contributed by atoms with Gasteiger partial charge in [-0.2, -0.15) is 0 Å². The van der Waals surface area contributed by atoms with Gasteiger partial charge in [-0.1, -0.05) is 40.0 Å². The maximum Gasteiger partial charge on any atom is 2.00 e. The first-order valence-electron chi connectivity index (χ1n) is 5.36. The van der Waals surface area contributed by atoms with Crippen LogP contribution in [-0.4, -0.2) is 45.2 Å². The normalized spacial score (nSPS) is 11.0. The summed E-state index contributed by atoms with van der Waals surface area (Å²) >= 11 is 0. The number of rotatable bonds is 7. The fourth-order valence-electron chi connectivity index (χ4n) is 1.74. The molecule has 16 heavy (non-hydrogen) atoms. The van der Waals surface area contributed by atoms with E-state index in [2.05, 4.69) is 0 Å². The molecule has 0 atom stereocenters. The molecule has 0 aromatic heterocycles. The summed E-state index contributed by atoms with van der Waals surface area (Å²) in [6.07, 6.45) is 2.68. The molecule has 0 spiro atoms. The van der Waals surface area contributed by atoms with Gasteiger partial charge in [-0.3, -0.25) is 9.59 Å². The quantitative estimate of drug-likeness (QED) is 0.408. The summed E-state index contributed by atoms with van der Waals surface area (Å²) in [6.45, 7) is 5.29. The van der Waals surface area contributed by atoms with E-state index in [-0.39, 0.29) is 32.3 Å². The molecule has 0 aromatic carbocycles. The summed E-state index contributed by atoms with van der Waals surface area (Å²) in [5.74, 6) is -2.84. The first kappa shape index (κ1) is 18.1. The predicted molar refractivity (Wildman–Crippen MR) is 64.7 cm³/mol. The Morgan fingerprint density at radius 1 is 1.19 bits per heavy atom. The van der Waals surface area contributed by atoms with E-state index in [1.807, 2.05) is 6.92 Å². The average Bonchev–Trinajstić information content (AvgIpc) is 2.10. The third kappa shape index (κ3) is 3.94. The van der Waals surface area contributed by atoms with Gasteiger partial charge in [0.2, 0.25) is 0 Å². The monoisotopic (exact) mass is 242 g/mol. The molecule has 0 saturated heterocycles. The van der Waals surface area contributed by atoms with E-state index in [0.29, 0.717) is 6.42 Å². The molecule has 92 valence electrons. The second-order valence-corrected chi connectivity index (χ2v) is 4.19. The fourth-order valence-corrected chi connectivity index (χ4v) is 1.74. The Morgan fingerprint density at radius 2 is 1.62 bits per heavy atom. The van der Waals surface area contributed by atoms with Crippen molar-refractivity contribution < 1.29 is 22.7 Å². The summed E-state index contributed by atoms with van der Waals surface area (Å²) in [5, 5.41) is 18.2. The molecule has 5 heteroatoms. The first-order chi connectivity index (χ1) is 6.89. The first-order valence-corrected chi connectivity index (χ1v) is 5.36. The van der Waals surface area contributed by atoms with E-state index in [9.17, 15) is 9.59 Å². The maximum atomic E-state index is 11.1. The molecule has 0 saturated carbocycles. The summed E-state index contributed by atoms with van der Waals surface area (Å²) in [7, 11) is 0. The Balaban J connectivity index is -0.000000327. The molecule has 0 fully saturated rings. The Bertz CT molecular complexity index is 233. The SMILES string of the molecule is CCCCCC(C(=O)O)(C(=O)O)C(C)C.[H-].[H-].[Mg+2]. The minimum atomic E-state index is -1.62. The second-order valence-electron chi connectivity index (χ2n) is 4.19.